The maximum atomic E-state index is 13.1. The van der Waals surface area contributed by atoms with Crippen molar-refractivity contribution < 1.29 is 0 Å². The zero-order valence-corrected chi connectivity index (χ0v) is 18.9. The molecule has 6 nitrogen and oxygen atoms in total. The van der Waals surface area contributed by atoms with E-state index in [4.69, 9.17) is 16.6 Å². The number of anilines is 1. The van der Waals surface area contributed by atoms with E-state index >= 15 is 0 Å². The topological polar surface area (TPSA) is 45.8 Å². The van der Waals surface area contributed by atoms with Crippen LogP contribution >= 0.6 is 27.5 Å². The van der Waals surface area contributed by atoms with Gasteiger partial charge in [-0.2, -0.15) is 0 Å². The molecule has 0 aliphatic carbocycles. The second-order valence-corrected chi connectivity index (χ2v) is 8.74. The highest BCUT2D eigenvalue weighted by Gasteiger charge is 2.23. The van der Waals surface area contributed by atoms with Gasteiger partial charge in [0.25, 0.3) is 0 Å². The standard InChI is InChI=1S/C22H21BrClN5O/c1-26-17-8-4-2-6-15(17)21-25-20(23)19(29(21)22(26)30)14-27-10-12-28(13-11-27)18-9-5-3-7-16(18)24/h2-9H,10-14H2,1H3. The molecule has 0 saturated carbocycles. The third-order valence-electron chi connectivity index (χ3n) is 5.85. The number of hydrogen-bond acceptors (Lipinski definition) is 4. The molecule has 0 unspecified atom stereocenters. The van der Waals surface area contributed by atoms with E-state index in [0.717, 1.165) is 58.1 Å². The predicted molar refractivity (Wildman–Crippen MR) is 125 cm³/mol. The van der Waals surface area contributed by atoms with Gasteiger partial charge >= 0.3 is 5.69 Å². The highest BCUT2D eigenvalue weighted by Crippen LogP contribution is 2.28. The molecule has 0 bridgehead atoms. The molecular formula is C22H21BrClN5O. The maximum Gasteiger partial charge on any atom is 0.334 e. The summed E-state index contributed by atoms with van der Waals surface area (Å²) < 4.78 is 4.16. The SMILES string of the molecule is Cn1c(=O)n2c(CN3CCN(c4ccccc4Cl)CC3)c(Br)nc2c2ccccc21. The summed E-state index contributed by atoms with van der Waals surface area (Å²) in [5.41, 5.74) is 3.47. The summed E-state index contributed by atoms with van der Waals surface area (Å²) in [5.74, 6) is 0. The van der Waals surface area contributed by atoms with E-state index in [2.05, 4.69) is 31.8 Å². The number of rotatable bonds is 3. The first-order valence-corrected chi connectivity index (χ1v) is 11.1. The lowest BCUT2D eigenvalue weighted by molar-refractivity contribution is 0.245. The van der Waals surface area contributed by atoms with Gasteiger partial charge in [0.2, 0.25) is 0 Å². The van der Waals surface area contributed by atoms with E-state index in [9.17, 15) is 4.79 Å². The molecule has 3 heterocycles. The van der Waals surface area contributed by atoms with Crippen molar-refractivity contribution in [3.8, 4) is 0 Å². The molecule has 1 fully saturated rings. The van der Waals surface area contributed by atoms with E-state index in [-0.39, 0.29) is 5.69 Å². The average molecular weight is 487 g/mol. The number of halogens is 2. The second kappa shape index (κ2) is 7.72. The van der Waals surface area contributed by atoms with Crippen LogP contribution < -0.4 is 10.6 Å². The van der Waals surface area contributed by atoms with E-state index in [0.29, 0.717) is 12.2 Å². The van der Waals surface area contributed by atoms with Crippen molar-refractivity contribution >= 4 is 49.8 Å². The lowest BCUT2D eigenvalue weighted by Gasteiger charge is -2.36. The van der Waals surface area contributed by atoms with Crippen LogP contribution in [0, 0.1) is 0 Å². The number of aryl methyl sites for hydroxylation is 1. The fraction of sp³-hybridized carbons (Fsp3) is 0.273. The molecule has 154 valence electrons. The third-order valence-corrected chi connectivity index (χ3v) is 6.80. The first kappa shape index (κ1) is 19.6. The number of hydrogen-bond donors (Lipinski definition) is 0. The Morgan fingerprint density at radius 2 is 1.73 bits per heavy atom. The second-order valence-electron chi connectivity index (χ2n) is 7.58. The van der Waals surface area contributed by atoms with Gasteiger partial charge in [-0.15, -0.1) is 0 Å². The number of para-hydroxylation sites is 2. The molecule has 1 aliphatic rings. The molecule has 0 spiro atoms. The number of aromatic nitrogens is 3. The fourth-order valence-electron chi connectivity index (χ4n) is 4.23. The minimum atomic E-state index is -0.0772. The largest absolute Gasteiger partial charge is 0.368 e. The van der Waals surface area contributed by atoms with Gasteiger partial charge < -0.3 is 4.90 Å². The molecule has 8 heteroatoms. The molecule has 0 atom stereocenters. The molecule has 1 aliphatic heterocycles. The third kappa shape index (κ3) is 3.21. The van der Waals surface area contributed by atoms with Gasteiger partial charge in [0.1, 0.15) is 4.60 Å². The van der Waals surface area contributed by atoms with Crippen LogP contribution in [0.4, 0.5) is 5.69 Å². The van der Waals surface area contributed by atoms with Crippen LogP contribution in [-0.2, 0) is 13.6 Å². The minimum Gasteiger partial charge on any atom is -0.368 e. The van der Waals surface area contributed by atoms with Gasteiger partial charge in [-0.25, -0.2) is 14.2 Å². The zero-order valence-electron chi connectivity index (χ0n) is 16.6. The Bertz CT molecular complexity index is 1310. The van der Waals surface area contributed by atoms with E-state index in [1.165, 1.54) is 0 Å². The number of nitrogens with zero attached hydrogens (tertiary/aromatic N) is 5. The molecule has 1 saturated heterocycles. The van der Waals surface area contributed by atoms with Crippen LogP contribution in [-0.4, -0.2) is 45.0 Å². The van der Waals surface area contributed by atoms with E-state index < -0.39 is 0 Å². The number of imidazole rings is 1. The van der Waals surface area contributed by atoms with Crippen molar-refractivity contribution in [2.45, 2.75) is 6.54 Å². The molecule has 0 amide bonds. The Labute approximate surface area is 187 Å². The Morgan fingerprint density at radius 3 is 2.50 bits per heavy atom. The summed E-state index contributed by atoms with van der Waals surface area (Å²) in [6.45, 7) is 4.21. The van der Waals surface area contributed by atoms with Crippen molar-refractivity contribution in [1.29, 1.82) is 0 Å². The molecule has 2 aromatic heterocycles. The predicted octanol–water partition coefficient (Wildman–Crippen LogP) is 3.92. The summed E-state index contributed by atoms with van der Waals surface area (Å²) >= 11 is 9.97. The lowest BCUT2D eigenvalue weighted by Crippen LogP contribution is -2.46. The van der Waals surface area contributed by atoms with Gasteiger partial charge in [0, 0.05) is 45.2 Å². The molecule has 5 rings (SSSR count). The molecule has 4 aromatic rings. The van der Waals surface area contributed by atoms with Gasteiger partial charge in [0.05, 0.1) is 21.9 Å². The number of benzene rings is 2. The van der Waals surface area contributed by atoms with Crippen LogP contribution in [0.2, 0.25) is 5.02 Å². The number of piperazine rings is 1. The van der Waals surface area contributed by atoms with Crippen molar-refractivity contribution in [3.05, 3.63) is 74.3 Å². The van der Waals surface area contributed by atoms with Crippen LogP contribution in [0.3, 0.4) is 0 Å². The van der Waals surface area contributed by atoms with Crippen LogP contribution in [0.5, 0.6) is 0 Å². The normalized spacial score (nSPS) is 15.4. The first-order chi connectivity index (χ1) is 14.5. The smallest absolute Gasteiger partial charge is 0.334 e. The zero-order chi connectivity index (χ0) is 20.8. The van der Waals surface area contributed by atoms with Crippen molar-refractivity contribution in [3.63, 3.8) is 0 Å². The molecule has 0 N–H and O–H groups in total. The highest BCUT2D eigenvalue weighted by molar-refractivity contribution is 9.10. The number of fused-ring (bicyclic) bond motifs is 3. The lowest BCUT2D eigenvalue weighted by atomic mass is 10.2. The maximum absolute atomic E-state index is 13.1. The summed E-state index contributed by atoms with van der Waals surface area (Å²) in [6, 6.07) is 15.8. The molecular weight excluding hydrogens is 466 g/mol. The summed E-state index contributed by atoms with van der Waals surface area (Å²) in [4.78, 5) is 22.5. The van der Waals surface area contributed by atoms with Crippen LogP contribution in [0.15, 0.2) is 57.9 Å². The van der Waals surface area contributed by atoms with Crippen molar-refractivity contribution in [2.24, 2.45) is 7.05 Å². The van der Waals surface area contributed by atoms with Crippen molar-refractivity contribution in [1.82, 2.24) is 18.9 Å². The van der Waals surface area contributed by atoms with Gasteiger partial charge in [-0.3, -0.25) is 9.47 Å². The van der Waals surface area contributed by atoms with Crippen LogP contribution in [0.25, 0.3) is 16.6 Å². The quantitative estimate of drug-likeness (QED) is 0.440. The summed E-state index contributed by atoms with van der Waals surface area (Å²) in [5, 5.41) is 1.75. The molecule has 0 radical (unpaired) electrons. The summed E-state index contributed by atoms with van der Waals surface area (Å²) in [6.07, 6.45) is 0. The molecule has 2 aromatic carbocycles. The van der Waals surface area contributed by atoms with Gasteiger partial charge in [0.15, 0.2) is 5.65 Å². The Balaban J connectivity index is 1.45. The Morgan fingerprint density at radius 1 is 1.03 bits per heavy atom. The monoisotopic (exact) mass is 485 g/mol. The Hall–Kier alpha value is -2.35. The van der Waals surface area contributed by atoms with Crippen molar-refractivity contribution in [2.75, 3.05) is 31.1 Å². The van der Waals surface area contributed by atoms with E-state index in [1.807, 2.05) is 49.5 Å². The van der Waals surface area contributed by atoms with E-state index in [1.54, 1.807) is 8.97 Å². The van der Waals surface area contributed by atoms with Crippen LogP contribution in [0.1, 0.15) is 5.69 Å². The average Bonchev–Trinajstić information content (AvgIpc) is 3.09. The summed E-state index contributed by atoms with van der Waals surface area (Å²) in [7, 11) is 1.81. The highest BCUT2D eigenvalue weighted by atomic mass is 79.9. The van der Waals surface area contributed by atoms with Gasteiger partial charge in [-0.05, 0) is 40.2 Å². The fourth-order valence-corrected chi connectivity index (χ4v) is 4.95. The molecule has 30 heavy (non-hydrogen) atoms. The first-order valence-electron chi connectivity index (χ1n) is 9.91. The minimum absolute atomic E-state index is 0.0772. The van der Waals surface area contributed by atoms with Gasteiger partial charge in [-0.1, -0.05) is 35.9 Å². The Kier molecular flexibility index (Phi) is 5.05.